The van der Waals surface area contributed by atoms with Gasteiger partial charge >= 0.3 is 5.97 Å². The molecule has 0 spiro atoms. The standard InChI is InChI=1S/C16H17N3O4S/c1-8-7-24-15-11(14(21)19(15)12(8)16(22)23)18-13(20)10(17)9-5-3-2-4-6-9/h2-6,10-11,15H,7,17H2,1H3,(H,18,20)(H,22,23)/t10-,11-,15?/m0/s1. The average molecular weight is 347 g/mol. The molecule has 2 amide bonds. The number of nitrogens with zero attached hydrogens (tertiary/aromatic N) is 1. The SMILES string of the molecule is CC1=C(C(=O)O)N2C(=O)[C@H](NC(=O)[C@@H](N)c3ccccc3)C2SC1. The smallest absolute Gasteiger partial charge is 0.352 e. The summed E-state index contributed by atoms with van der Waals surface area (Å²) in [5.41, 5.74) is 7.24. The summed E-state index contributed by atoms with van der Waals surface area (Å²) in [5, 5.41) is 11.5. The van der Waals surface area contributed by atoms with Gasteiger partial charge in [-0.05, 0) is 18.1 Å². The fourth-order valence-electron chi connectivity index (χ4n) is 2.83. The van der Waals surface area contributed by atoms with Gasteiger partial charge in [-0.25, -0.2) is 4.79 Å². The summed E-state index contributed by atoms with van der Waals surface area (Å²) in [6, 6.07) is 7.23. The predicted molar refractivity (Wildman–Crippen MR) is 88.7 cm³/mol. The number of hydrogen-bond acceptors (Lipinski definition) is 5. The lowest BCUT2D eigenvalue weighted by Gasteiger charge is -2.49. The molecule has 0 aromatic heterocycles. The Balaban J connectivity index is 1.71. The van der Waals surface area contributed by atoms with Crippen LogP contribution in [0.3, 0.4) is 0 Å². The number of rotatable bonds is 4. The number of benzene rings is 1. The number of hydrogen-bond donors (Lipinski definition) is 3. The van der Waals surface area contributed by atoms with E-state index >= 15 is 0 Å². The Morgan fingerprint density at radius 2 is 2.04 bits per heavy atom. The van der Waals surface area contributed by atoms with Crippen molar-refractivity contribution in [2.45, 2.75) is 24.4 Å². The molecular weight excluding hydrogens is 330 g/mol. The van der Waals surface area contributed by atoms with E-state index in [1.54, 1.807) is 31.2 Å². The largest absolute Gasteiger partial charge is 0.477 e. The maximum atomic E-state index is 12.3. The number of amides is 2. The third-order valence-corrected chi connectivity index (χ3v) is 5.52. The molecule has 126 valence electrons. The molecule has 3 atom stereocenters. The number of carbonyl (C=O) groups excluding carboxylic acids is 2. The van der Waals surface area contributed by atoms with Crippen LogP contribution >= 0.6 is 11.8 Å². The van der Waals surface area contributed by atoms with E-state index in [1.165, 1.54) is 16.7 Å². The zero-order valence-electron chi connectivity index (χ0n) is 12.9. The lowest BCUT2D eigenvalue weighted by Crippen LogP contribution is -2.71. The van der Waals surface area contributed by atoms with Crippen LogP contribution in [0.15, 0.2) is 41.6 Å². The highest BCUT2D eigenvalue weighted by atomic mass is 32.2. The summed E-state index contributed by atoms with van der Waals surface area (Å²) in [6.45, 7) is 1.69. The summed E-state index contributed by atoms with van der Waals surface area (Å²) in [4.78, 5) is 37.2. The Hall–Kier alpha value is -2.32. The van der Waals surface area contributed by atoms with Crippen LogP contribution in [0.4, 0.5) is 0 Å². The van der Waals surface area contributed by atoms with Gasteiger partial charge in [0.05, 0.1) is 0 Å². The van der Waals surface area contributed by atoms with Crippen molar-refractivity contribution >= 4 is 29.5 Å². The van der Waals surface area contributed by atoms with E-state index in [2.05, 4.69) is 5.32 Å². The van der Waals surface area contributed by atoms with E-state index in [1.807, 2.05) is 6.07 Å². The lowest BCUT2D eigenvalue weighted by molar-refractivity contribution is -0.150. The van der Waals surface area contributed by atoms with Crippen molar-refractivity contribution in [1.82, 2.24) is 10.2 Å². The highest BCUT2D eigenvalue weighted by Gasteiger charge is 2.53. The zero-order chi connectivity index (χ0) is 17.4. The topological polar surface area (TPSA) is 113 Å². The van der Waals surface area contributed by atoms with Crippen LogP contribution in [0.5, 0.6) is 0 Å². The number of nitrogens with two attached hydrogens (primary N) is 1. The molecule has 1 aromatic carbocycles. The lowest BCUT2D eigenvalue weighted by atomic mass is 10.0. The first kappa shape index (κ1) is 16.5. The number of carboxylic acids is 1. The van der Waals surface area contributed by atoms with Crippen LogP contribution in [0.1, 0.15) is 18.5 Å². The number of carbonyl (C=O) groups is 3. The van der Waals surface area contributed by atoms with Crippen LogP contribution in [0, 0.1) is 0 Å². The summed E-state index contributed by atoms with van der Waals surface area (Å²) in [6.07, 6.45) is 0. The second kappa shape index (κ2) is 6.29. The summed E-state index contributed by atoms with van der Waals surface area (Å²) in [5.74, 6) is -1.50. The van der Waals surface area contributed by atoms with E-state index in [4.69, 9.17) is 5.73 Å². The molecule has 7 nitrogen and oxygen atoms in total. The first-order valence-corrected chi connectivity index (χ1v) is 8.45. The molecule has 1 saturated heterocycles. The molecule has 24 heavy (non-hydrogen) atoms. The van der Waals surface area contributed by atoms with Gasteiger partial charge in [-0.15, -0.1) is 11.8 Å². The van der Waals surface area contributed by atoms with Crippen molar-refractivity contribution < 1.29 is 19.5 Å². The molecule has 2 aliphatic heterocycles. The molecule has 3 rings (SSSR count). The molecule has 8 heteroatoms. The van der Waals surface area contributed by atoms with Gasteiger partial charge in [0.2, 0.25) is 5.91 Å². The van der Waals surface area contributed by atoms with Crippen molar-refractivity contribution in [1.29, 1.82) is 0 Å². The molecule has 0 saturated carbocycles. The number of nitrogens with one attached hydrogen (secondary N) is 1. The molecule has 0 radical (unpaired) electrons. The normalized spacial score (nSPS) is 24.1. The minimum absolute atomic E-state index is 0.0154. The summed E-state index contributed by atoms with van der Waals surface area (Å²) >= 11 is 1.43. The highest BCUT2D eigenvalue weighted by Crippen LogP contribution is 2.40. The van der Waals surface area contributed by atoms with E-state index in [9.17, 15) is 19.5 Å². The van der Waals surface area contributed by atoms with Gasteiger partial charge in [-0.2, -0.15) is 0 Å². The molecule has 1 unspecified atom stereocenters. The Morgan fingerprint density at radius 1 is 1.38 bits per heavy atom. The first-order chi connectivity index (χ1) is 11.4. The van der Waals surface area contributed by atoms with Crippen LogP contribution in [-0.2, 0) is 14.4 Å². The fraction of sp³-hybridized carbons (Fsp3) is 0.312. The fourth-order valence-corrected chi connectivity index (χ4v) is 4.12. The molecule has 0 bridgehead atoms. The molecule has 2 aliphatic rings. The van der Waals surface area contributed by atoms with E-state index < -0.39 is 35.2 Å². The van der Waals surface area contributed by atoms with Gasteiger partial charge < -0.3 is 16.2 Å². The van der Waals surface area contributed by atoms with Crippen LogP contribution in [0.2, 0.25) is 0 Å². The Bertz CT molecular complexity index is 734. The minimum Gasteiger partial charge on any atom is -0.477 e. The molecule has 1 fully saturated rings. The van der Waals surface area contributed by atoms with Crippen molar-refractivity contribution in [3.8, 4) is 0 Å². The van der Waals surface area contributed by atoms with Crippen LogP contribution in [-0.4, -0.2) is 45.0 Å². The highest BCUT2D eigenvalue weighted by molar-refractivity contribution is 8.00. The van der Waals surface area contributed by atoms with Gasteiger partial charge in [0, 0.05) is 5.75 Å². The molecule has 4 N–H and O–H groups in total. The van der Waals surface area contributed by atoms with E-state index in [-0.39, 0.29) is 5.70 Å². The monoisotopic (exact) mass is 347 g/mol. The third kappa shape index (κ3) is 2.67. The Kier molecular flexibility index (Phi) is 4.33. The number of fused-ring (bicyclic) bond motifs is 1. The van der Waals surface area contributed by atoms with Crippen LogP contribution in [0.25, 0.3) is 0 Å². The predicted octanol–water partition coefficient (Wildman–Crippen LogP) is 0.445. The maximum Gasteiger partial charge on any atom is 0.352 e. The van der Waals surface area contributed by atoms with E-state index in [0.29, 0.717) is 16.9 Å². The molecule has 1 aromatic rings. The average Bonchev–Trinajstić information content (AvgIpc) is 2.59. The number of aliphatic carboxylic acids is 1. The van der Waals surface area contributed by atoms with Gasteiger partial charge in [0.25, 0.3) is 5.91 Å². The summed E-state index contributed by atoms with van der Waals surface area (Å²) in [7, 11) is 0. The zero-order valence-corrected chi connectivity index (χ0v) is 13.7. The first-order valence-electron chi connectivity index (χ1n) is 7.40. The number of thioether (sulfide) groups is 1. The quantitative estimate of drug-likeness (QED) is 0.682. The maximum absolute atomic E-state index is 12.3. The van der Waals surface area contributed by atoms with Crippen LogP contribution < -0.4 is 11.1 Å². The second-order valence-corrected chi connectivity index (χ2v) is 6.82. The Morgan fingerprint density at radius 3 is 2.67 bits per heavy atom. The van der Waals surface area contributed by atoms with E-state index in [0.717, 1.165) is 0 Å². The van der Waals surface area contributed by atoms with Crippen molar-refractivity contribution in [2.75, 3.05) is 5.75 Å². The summed E-state index contributed by atoms with van der Waals surface area (Å²) < 4.78 is 0. The van der Waals surface area contributed by atoms with Gasteiger partial charge in [0.15, 0.2) is 0 Å². The molecule has 0 aliphatic carbocycles. The molecule has 2 heterocycles. The Labute approximate surface area is 142 Å². The van der Waals surface area contributed by atoms with Crippen molar-refractivity contribution in [3.63, 3.8) is 0 Å². The van der Waals surface area contributed by atoms with Gasteiger partial charge in [-0.1, -0.05) is 30.3 Å². The van der Waals surface area contributed by atoms with Gasteiger partial charge in [-0.3, -0.25) is 14.5 Å². The number of carboxylic acid groups (broad SMARTS) is 1. The second-order valence-electron chi connectivity index (χ2n) is 5.72. The third-order valence-electron chi connectivity index (χ3n) is 4.10. The number of β-lactam (4-membered cyclic amide) rings is 1. The minimum atomic E-state index is -1.13. The van der Waals surface area contributed by atoms with Gasteiger partial charge in [0.1, 0.15) is 23.2 Å². The molecular formula is C16H17N3O4S. The van der Waals surface area contributed by atoms with Crippen molar-refractivity contribution in [3.05, 3.63) is 47.2 Å². The van der Waals surface area contributed by atoms with Crippen molar-refractivity contribution in [2.24, 2.45) is 5.73 Å².